The molecule has 3 heteroatoms. The molecule has 1 aliphatic heterocycles. The van der Waals surface area contributed by atoms with E-state index in [0.717, 1.165) is 19.4 Å². The van der Waals surface area contributed by atoms with E-state index in [1.54, 1.807) is 6.26 Å². The van der Waals surface area contributed by atoms with Gasteiger partial charge in [-0.1, -0.05) is 13.3 Å². The van der Waals surface area contributed by atoms with Crippen LogP contribution in [-0.4, -0.2) is 19.3 Å². The highest BCUT2D eigenvalue weighted by molar-refractivity contribution is 4.71. The van der Waals surface area contributed by atoms with Crippen molar-refractivity contribution in [2.24, 2.45) is 0 Å². The predicted molar refractivity (Wildman–Crippen MR) is 40.8 cm³/mol. The fourth-order valence-corrected chi connectivity index (χ4v) is 0.593. The molecule has 1 heterocycles. The first kappa shape index (κ1) is 8.56. The van der Waals surface area contributed by atoms with E-state index in [0.29, 0.717) is 6.61 Å². The highest BCUT2D eigenvalue weighted by Crippen LogP contribution is 2.08. The highest BCUT2D eigenvalue weighted by Gasteiger charge is 2.22. The van der Waals surface area contributed by atoms with Gasteiger partial charge < -0.3 is 9.62 Å². The zero-order valence-electron chi connectivity index (χ0n) is 6.79. The quantitative estimate of drug-likeness (QED) is 0.193. The van der Waals surface area contributed by atoms with Gasteiger partial charge in [0, 0.05) is 0 Å². The molecule has 0 aromatic rings. The van der Waals surface area contributed by atoms with Crippen LogP contribution in [-0.2, 0) is 14.5 Å². The Morgan fingerprint density at radius 3 is 3.09 bits per heavy atom. The van der Waals surface area contributed by atoms with E-state index in [-0.39, 0.29) is 6.10 Å². The predicted octanol–water partition coefficient (Wildman–Crippen LogP) is 1.65. The van der Waals surface area contributed by atoms with Crippen LogP contribution >= 0.6 is 0 Å². The average Bonchev–Trinajstić information content (AvgIpc) is 2.80. The summed E-state index contributed by atoms with van der Waals surface area (Å²) >= 11 is 0. The molecular formula is C8H14O3. The Kier molecular flexibility index (Phi) is 4.01. The number of hydrogen-bond donors (Lipinski definition) is 0. The number of hydrogen-bond acceptors (Lipinski definition) is 3. The monoisotopic (exact) mass is 158 g/mol. The maximum absolute atomic E-state index is 4.91. The molecule has 64 valence electrons. The first-order chi connectivity index (χ1) is 5.43. The van der Waals surface area contributed by atoms with Crippen molar-refractivity contribution in [3.63, 3.8) is 0 Å². The molecule has 1 saturated heterocycles. The van der Waals surface area contributed by atoms with Gasteiger partial charge in [-0.3, -0.25) is 0 Å². The van der Waals surface area contributed by atoms with Crippen LogP contribution in [0.2, 0.25) is 0 Å². The van der Waals surface area contributed by atoms with Gasteiger partial charge in [-0.25, -0.2) is 0 Å². The molecule has 0 aliphatic carbocycles. The second kappa shape index (κ2) is 5.16. The van der Waals surface area contributed by atoms with Gasteiger partial charge >= 0.3 is 0 Å². The minimum Gasteiger partial charge on any atom is -0.370 e. The number of rotatable bonds is 6. The van der Waals surface area contributed by atoms with E-state index >= 15 is 0 Å². The summed E-state index contributed by atoms with van der Waals surface area (Å²) in [6.07, 6.45) is 5.95. The molecule has 0 aromatic carbocycles. The highest BCUT2D eigenvalue weighted by atomic mass is 17.2. The normalized spacial score (nSPS) is 22.5. The van der Waals surface area contributed by atoms with Crippen LogP contribution < -0.4 is 0 Å². The van der Waals surface area contributed by atoms with Crippen LogP contribution in [0.25, 0.3) is 0 Å². The van der Waals surface area contributed by atoms with Gasteiger partial charge in [0.05, 0.1) is 6.61 Å². The first-order valence-corrected chi connectivity index (χ1v) is 3.98. The molecule has 1 unspecified atom stereocenters. The molecule has 0 saturated carbocycles. The van der Waals surface area contributed by atoms with Crippen molar-refractivity contribution in [3.05, 3.63) is 12.3 Å². The number of allylic oxidation sites excluding steroid dienone is 1. The van der Waals surface area contributed by atoms with E-state index in [1.807, 2.05) is 6.08 Å². The van der Waals surface area contributed by atoms with Crippen molar-refractivity contribution in [1.29, 1.82) is 0 Å². The maximum Gasteiger partial charge on any atom is 0.125 e. The fourth-order valence-electron chi connectivity index (χ4n) is 0.593. The molecule has 3 nitrogen and oxygen atoms in total. The fraction of sp³-hybridized carbons (Fsp3) is 0.750. The maximum atomic E-state index is 4.91. The molecule has 0 spiro atoms. The third kappa shape index (κ3) is 4.81. The van der Waals surface area contributed by atoms with Gasteiger partial charge in [-0.15, -0.1) is 0 Å². The van der Waals surface area contributed by atoms with Crippen molar-refractivity contribution < 1.29 is 14.5 Å². The van der Waals surface area contributed by atoms with Crippen LogP contribution in [0.3, 0.4) is 0 Å². The van der Waals surface area contributed by atoms with Crippen LogP contribution in [0.15, 0.2) is 12.3 Å². The molecule has 1 rings (SSSR count). The lowest BCUT2D eigenvalue weighted by Gasteiger charge is -1.95. The Morgan fingerprint density at radius 1 is 1.64 bits per heavy atom. The molecule has 0 N–H and O–H groups in total. The lowest BCUT2D eigenvalue weighted by atomic mass is 10.3. The largest absolute Gasteiger partial charge is 0.370 e. The summed E-state index contributed by atoms with van der Waals surface area (Å²) in [5, 5.41) is 0. The van der Waals surface area contributed by atoms with E-state index in [9.17, 15) is 0 Å². The third-order valence-corrected chi connectivity index (χ3v) is 1.33. The van der Waals surface area contributed by atoms with Crippen molar-refractivity contribution in [2.75, 3.05) is 13.2 Å². The lowest BCUT2D eigenvalue weighted by molar-refractivity contribution is -0.250. The second-order valence-electron chi connectivity index (χ2n) is 2.50. The Bertz CT molecular complexity index is 119. The van der Waals surface area contributed by atoms with Gasteiger partial charge in [-0.2, -0.15) is 4.89 Å². The first-order valence-electron chi connectivity index (χ1n) is 3.98. The summed E-state index contributed by atoms with van der Waals surface area (Å²) in [7, 11) is 0. The van der Waals surface area contributed by atoms with E-state index in [4.69, 9.17) is 14.5 Å². The lowest BCUT2D eigenvalue weighted by Crippen LogP contribution is -1.98. The smallest absolute Gasteiger partial charge is 0.125 e. The van der Waals surface area contributed by atoms with Crippen LogP contribution in [0.4, 0.5) is 0 Å². The van der Waals surface area contributed by atoms with Gasteiger partial charge in [-0.05, 0) is 12.5 Å². The average molecular weight is 158 g/mol. The summed E-state index contributed by atoms with van der Waals surface area (Å²) < 4.78 is 4.91. The molecule has 0 aromatic heterocycles. The molecule has 1 atom stereocenters. The number of epoxide rings is 1. The topological polar surface area (TPSA) is 31.0 Å². The minimum atomic E-state index is 0.273. The summed E-state index contributed by atoms with van der Waals surface area (Å²) in [5.41, 5.74) is 0. The van der Waals surface area contributed by atoms with Crippen molar-refractivity contribution in [2.45, 2.75) is 25.9 Å². The second-order valence-corrected chi connectivity index (χ2v) is 2.50. The van der Waals surface area contributed by atoms with Crippen molar-refractivity contribution in [1.82, 2.24) is 0 Å². The molecule has 1 aliphatic rings. The zero-order chi connectivity index (χ0) is 7.94. The Morgan fingerprint density at radius 2 is 2.45 bits per heavy atom. The SMILES string of the molecule is CCCC=COOCC1CO1. The van der Waals surface area contributed by atoms with Gasteiger partial charge in [0.2, 0.25) is 0 Å². The van der Waals surface area contributed by atoms with E-state index < -0.39 is 0 Å². The van der Waals surface area contributed by atoms with Crippen molar-refractivity contribution in [3.8, 4) is 0 Å². The summed E-state index contributed by atoms with van der Waals surface area (Å²) in [6.45, 7) is 3.46. The minimum absolute atomic E-state index is 0.273. The van der Waals surface area contributed by atoms with Crippen LogP contribution in [0.5, 0.6) is 0 Å². The molecule has 1 fully saturated rings. The molecule has 0 bridgehead atoms. The van der Waals surface area contributed by atoms with Crippen molar-refractivity contribution >= 4 is 0 Å². The van der Waals surface area contributed by atoms with Crippen LogP contribution in [0, 0.1) is 0 Å². The molecule has 0 amide bonds. The Hall–Kier alpha value is -0.540. The van der Waals surface area contributed by atoms with E-state index in [1.165, 1.54) is 0 Å². The van der Waals surface area contributed by atoms with Crippen LogP contribution in [0.1, 0.15) is 19.8 Å². The standard InChI is InChI=1S/C8H14O3/c1-2-3-4-5-10-11-7-8-6-9-8/h4-5,8H,2-3,6-7H2,1H3. The third-order valence-electron chi connectivity index (χ3n) is 1.33. The number of unbranched alkanes of at least 4 members (excludes halogenated alkanes) is 1. The summed E-state index contributed by atoms with van der Waals surface area (Å²) in [4.78, 5) is 9.52. The molecule has 11 heavy (non-hydrogen) atoms. The zero-order valence-corrected chi connectivity index (χ0v) is 6.79. The molecular weight excluding hydrogens is 144 g/mol. The summed E-state index contributed by atoms with van der Waals surface area (Å²) in [5.74, 6) is 0. The Labute approximate surface area is 66.9 Å². The van der Waals surface area contributed by atoms with E-state index in [2.05, 4.69) is 6.92 Å². The van der Waals surface area contributed by atoms with Gasteiger partial charge in [0.1, 0.15) is 19.0 Å². The summed E-state index contributed by atoms with van der Waals surface area (Å²) in [6, 6.07) is 0. The Balaban J connectivity index is 1.78. The molecule has 0 radical (unpaired) electrons. The number of ether oxygens (including phenoxy) is 1. The van der Waals surface area contributed by atoms with Gasteiger partial charge in [0.25, 0.3) is 0 Å². The van der Waals surface area contributed by atoms with Gasteiger partial charge in [0.15, 0.2) is 0 Å².